The molecule has 1 N–H and O–H groups in total. The summed E-state index contributed by atoms with van der Waals surface area (Å²) in [6.45, 7) is 1.71. The fraction of sp³-hybridized carbons (Fsp3) is 0.200. The second-order valence-electron chi connectivity index (χ2n) is 4.57. The molecule has 110 valence electrons. The average Bonchev–Trinajstić information content (AvgIpc) is 2.46. The second kappa shape index (κ2) is 6.56. The van der Waals surface area contributed by atoms with Crippen molar-refractivity contribution >= 4 is 17.3 Å². The quantitative estimate of drug-likeness (QED) is 0.672. The standard InChI is InChI=1S/C15H14ClNO4/c1-10(18)11-3-2-4-14(7-11)21-9-12-5-6-13(16)8-15(12)17(19)20/h2-8,10,18H,9H2,1H3/t10-/m0/s1. The molecule has 0 spiro atoms. The molecule has 0 fully saturated rings. The number of halogens is 1. The van der Waals surface area contributed by atoms with Crippen molar-refractivity contribution in [1.82, 2.24) is 0 Å². The maximum atomic E-state index is 11.0. The van der Waals surface area contributed by atoms with Crippen molar-refractivity contribution in [2.45, 2.75) is 19.6 Å². The van der Waals surface area contributed by atoms with Gasteiger partial charge >= 0.3 is 0 Å². The molecular weight excluding hydrogens is 294 g/mol. The van der Waals surface area contributed by atoms with E-state index in [4.69, 9.17) is 16.3 Å². The third kappa shape index (κ3) is 3.93. The lowest BCUT2D eigenvalue weighted by molar-refractivity contribution is -0.385. The van der Waals surface area contributed by atoms with Crippen LogP contribution in [0.4, 0.5) is 5.69 Å². The van der Waals surface area contributed by atoms with Gasteiger partial charge in [-0.1, -0.05) is 23.7 Å². The molecule has 0 saturated heterocycles. The van der Waals surface area contributed by atoms with E-state index >= 15 is 0 Å². The number of benzene rings is 2. The Morgan fingerprint density at radius 3 is 2.76 bits per heavy atom. The van der Waals surface area contributed by atoms with Crippen LogP contribution in [0.25, 0.3) is 0 Å². The van der Waals surface area contributed by atoms with E-state index in [0.717, 1.165) is 5.56 Å². The first-order valence-electron chi connectivity index (χ1n) is 6.31. The molecule has 0 aliphatic heterocycles. The molecule has 0 saturated carbocycles. The Bertz CT molecular complexity index is 658. The minimum Gasteiger partial charge on any atom is -0.489 e. The molecule has 2 aromatic rings. The van der Waals surface area contributed by atoms with E-state index in [-0.39, 0.29) is 12.3 Å². The Kier molecular flexibility index (Phi) is 4.77. The highest BCUT2D eigenvalue weighted by molar-refractivity contribution is 6.30. The highest BCUT2D eigenvalue weighted by Gasteiger charge is 2.14. The van der Waals surface area contributed by atoms with Crippen LogP contribution in [0.5, 0.6) is 5.75 Å². The van der Waals surface area contributed by atoms with Crippen molar-refractivity contribution in [2.24, 2.45) is 0 Å². The number of hydrogen-bond acceptors (Lipinski definition) is 4. The van der Waals surface area contributed by atoms with Gasteiger partial charge in [-0.25, -0.2) is 0 Å². The Balaban J connectivity index is 2.17. The van der Waals surface area contributed by atoms with Crippen LogP contribution in [-0.2, 0) is 6.61 Å². The largest absolute Gasteiger partial charge is 0.489 e. The van der Waals surface area contributed by atoms with Crippen LogP contribution in [-0.4, -0.2) is 10.0 Å². The first kappa shape index (κ1) is 15.3. The lowest BCUT2D eigenvalue weighted by Gasteiger charge is -2.10. The summed E-state index contributed by atoms with van der Waals surface area (Å²) >= 11 is 5.76. The van der Waals surface area contributed by atoms with Crippen molar-refractivity contribution in [3.8, 4) is 5.75 Å². The van der Waals surface area contributed by atoms with Gasteiger partial charge in [0.2, 0.25) is 0 Å². The van der Waals surface area contributed by atoms with Crippen molar-refractivity contribution in [2.75, 3.05) is 0 Å². The molecule has 21 heavy (non-hydrogen) atoms. The van der Waals surface area contributed by atoms with Crippen LogP contribution in [0.2, 0.25) is 5.02 Å². The molecule has 0 amide bonds. The maximum absolute atomic E-state index is 11.0. The van der Waals surface area contributed by atoms with Gasteiger partial charge in [0.05, 0.1) is 16.6 Å². The Hall–Kier alpha value is -2.11. The number of rotatable bonds is 5. The zero-order valence-corrected chi connectivity index (χ0v) is 12.1. The highest BCUT2D eigenvalue weighted by atomic mass is 35.5. The number of nitro groups is 1. The van der Waals surface area contributed by atoms with Crippen molar-refractivity contribution in [3.05, 3.63) is 68.7 Å². The Morgan fingerprint density at radius 2 is 2.10 bits per heavy atom. The third-order valence-corrected chi connectivity index (χ3v) is 3.21. The molecule has 0 radical (unpaired) electrons. The Labute approximate surface area is 126 Å². The fourth-order valence-corrected chi connectivity index (χ4v) is 2.02. The summed E-state index contributed by atoms with van der Waals surface area (Å²) in [5, 5.41) is 20.8. The molecular formula is C15H14ClNO4. The van der Waals surface area contributed by atoms with Gasteiger partial charge in [0.1, 0.15) is 12.4 Å². The molecule has 5 nitrogen and oxygen atoms in total. The van der Waals surface area contributed by atoms with Crippen LogP contribution >= 0.6 is 11.6 Å². The second-order valence-corrected chi connectivity index (χ2v) is 5.00. The van der Waals surface area contributed by atoms with Crippen LogP contribution in [0.1, 0.15) is 24.2 Å². The topological polar surface area (TPSA) is 72.6 Å². The molecule has 2 aromatic carbocycles. The lowest BCUT2D eigenvalue weighted by atomic mass is 10.1. The number of aliphatic hydroxyl groups is 1. The average molecular weight is 308 g/mol. The minimum atomic E-state index is -0.599. The first-order valence-corrected chi connectivity index (χ1v) is 6.69. The molecule has 2 rings (SSSR count). The summed E-state index contributed by atoms with van der Waals surface area (Å²) in [6.07, 6.45) is -0.599. The first-order chi connectivity index (χ1) is 9.97. The van der Waals surface area contributed by atoms with Gasteiger partial charge in [0.25, 0.3) is 5.69 Å². The molecule has 0 bridgehead atoms. The van der Waals surface area contributed by atoms with E-state index in [1.54, 1.807) is 43.3 Å². The smallest absolute Gasteiger partial charge is 0.277 e. The molecule has 0 heterocycles. The van der Waals surface area contributed by atoms with Gasteiger partial charge < -0.3 is 9.84 Å². The van der Waals surface area contributed by atoms with Gasteiger partial charge in [0, 0.05) is 11.1 Å². The summed E-state index contributed by atoms with van der Waals surface area (Å²) in [4.78, 5) is 10.5. The van der Waals surface area contributed by atoms with Crippen LogP contribution in [0.15, 0.2) is 42.5 Å². The highest BCUT2D eigenvalue weighted by Crippen LogP contribution is 2.25. The predicted octanol–water partition coefficient (Wildman–Crippen LogP) is 3.88. The minimum absolute atomic E-state index is 0.0523. The molecule has 0 aliphatic rings. The molecule has 6 heteroatoms. The summed E-state index contributed by atoms with van der Waals surface area (Å²) in [7, 11) is 0. The number of hydrogen-bond donors (Lipinski definition) is 1. The molecule has 0 unspecified atom stereocenters. The third-order valence-electron chi connectivity index (χ3n) is 2.98. The van der Waals surface area contributed by atoms with Crippen LogP contribution in [0.3, 0.4) is 0 Å². The SMILES string of the molecule is C[C@H](O)c1cccc(OCc2ccc(Cl)cc2[N+](=O)[O-])c1. The van der Waals surface area contributed by atoms with Gasteiger partial charge in [0.15, 0.2) is 0 Å². The number of nitro benzene ring substituents is 1. The van der Waals surface area contributed by atoms with Crippen LogP contribution in [0, 0.1) is 10.1 Å². The van der Waals surface area contributed by atoms with Gasteiger partial charge in [-0.3, -0.25) is 10.1 Å². The molecule has 1 atom stereocenters. The Morgan fingerprint density at radius 1 is 1.33 bits per heavy atom. The fourth-order valence-electron chi connectivity index (χ4n) is 1.85. The van der Waals surface area contributed by atoms with E-state index in [0.29, 0.717) is 16.3 Å². The number of ether oxygens (including phenoxy) is 1. The lowest BCUT2D eigenvalue weighted by Crippen LogP contribution is -2.01. The summed E-state index contributed by atoms with van der Waals surface area (Å²) in [6, 6.07) is 11.4. The van der Waals surface area contributed by atoms with E-state index in [1.807, 2.05) is 0 Å². The van der Waals surface area contributed by atoms with E-state index < -0.39 is 11.0 Å². The van der Waals surface area contributed by atoms with E-state index in [1.165, 1.54) is 6.07 Å². The monoisotopic (exact) mass is 307 g/mol. The number of aliphatic hydroxyl groups excluding tert-OH is 1. The summed E-state index contributed by atoms with van der Waals surface area (Å²) in [5.74, 6) is 0.539. The molecule has 0 aliphatic carbocycles. The van der Waals surface area contributed by atoms with E-state index in [2.05, 4.69) is 0 Å². The van der Waals surface area contributed by atoms with Gasteiger partial charge in [-0.05, 0) is 36.8 Å². The normalized spacial score (nSPS) is 12.0. The maximum Gasteiger partial charge on any atom is 0.277 e. The zero-order chi connectivity index (χ0) is 15.4. The predicted molar refractivity (Wildman–Crippen MR) is 79.5 cm³/mol. The van der Waals surface area contributed by atoms with Crippen molar-refractivity contribution < 1.29 is 14.8 Å². The van der Waals surface area contributed by atoms with E-state index in [9.17, 15) is 15.2 Å². The van der Waals surface area contributed by atoms with Gasteiger partial charge in [-0.15, -0.1) is 0 Å². The van der Waals surface area contributed by atoms with Gasteiger partial charge in [-0.2, -0.15) is 0 Å². The zero-order valence-electron chi connectivity index (χ0n) is 11.3. The van der Waals surface area contributed by atoms with Crippen LogP contribution < -0.4 is 4.74 Å². The van der Waals surface area contributed by atoms with Crippen molar-refractivity contribution in [1.29, 1.82) is 0 Å². The number of nitrogens with zero attached hydrogens (tertiary/aromatic N) is 1. The van der Waals surface area contributed by atoms with Crippen molar-refractivity contribution in [3.63, 3.8) is 0 Å². The summed E-state index contributed by atoms with van der Waals surface area (Å²) < 4.78 is 5.55. The summed E-state index contributed by atoms with van der Waals surface area (Å²) in [5.41, 5.74) is 1.08. The molecule has 0 aromatic heterocycles.